The molecule has 168 valence electrons. The fraction of sp³-hybridized carbons (Fsp3) is 0.0417. The predicted molar refractivity (Wildman–Crippen MR) is 128 cm³/mol. The van der Waals surface area contributed by atoms with Gasteiger partial charge in [-0.05, 0) is 48.0 Å². The van der Waals surface area contributed by atoms with Gasteiger partial charge >= 0.3 is 0 Å². The molecule has 0 unspecified atom stereocenters. The van der Waals surface area contributed by atoms with Crippen LogP contribution >= 0.6 is 11.8 Å². The van der Waals surface area contributed by atoms with Crippen molar-refractivity contribution in [2.75, 3.05) is 0 Å². The second-order valence-corrected chi connectivity index (χ2v) is 8.27. The van der Waals surface area contributed by atoms with E-state index in [4.69, 9.17) is 0 Å². The number of fused-ring (bicyclic) bond motifs is 1. The van der Waals surface area contributed by atoms with E-state index in [9.17, 15) is 9.59 Å². The summed E-state index contributed by atoms with van der Waals surface area (Å²) in [5, 5.41) is 4.93. The van der Waals surface area contributed by atoms with Crippen LogP contribution in [0.2, 0.25) is 0 Å². The maximum Gasteiger partial charge on any atom is 0.271 e. The van der Waals surface area contributed by atoms with Gasteiger partial charge in [0.05, 0.1) is 16.6 Å². The normalized spacial score (nSPS) is 10.8. The molecule has 2 aromatic carbocycles. The highest BCUT2D eigenvalue weighted by Crippen LogP contribution is 2.23. The maximum atomic E-state index is 12.4. The highest BCUT2D eigenvalue weighted by atomic mass is 32.2. The number of hydrazine groups is 1. The van der Waals surface area contributed by atoms with Crippen molar-refractivity contribution < 1.29 is 9.59 Å². The maximum absolute atomic E-state index is 12.4. The number of aromatic nitrogens is 5. The van der Waals surface area contributed by atoms with Gasteiger partial charge in [-0.3, -0.25) is 20.4 Å². The van der Waals surface area contributed by atoms with E-state index >= 15 is 0 Å². The number of aromatic amines is 1. The Bertz CT molecular complexity index is 1400. The molecule has 3 heterocycles. The van der Waals surface area contributed by atoms with Crippen LogP contribution in [0.3, 0.4) is 0 Å². The van der Waals surface area contributed by atoms with Gasteiger partial charge in [-0.15, -0.1) is 0 Å². The van der Waals surface area contributed by atoms with E-state index in [1.807, 2.05) is 36.4 Å². The van der Waals surface area contributed by atoms with Crippen LogP contribution in [-0.4, -0.2) is 36.5 Å². The first kappa shape index (κ1) is 21.4. The topological polar surface area (TPSA) is 118 Å². The molecule has 5 aromatic rings. The molecule has 0 radical (unpaired) electrons. The molecule has 5 rings (SSSR count). The molecule has 9 nitrogen and oxygen atoms in total. The van der Waals surface area contributed by atoms with E-state index in [1.54, 1.807) is 59.2 Å². The van der Waals surface area contributed by atoms with Gasteiger partial charge in [0.1, 0.15) is 0 Å². The number of amides is 2. The zero-order chi connectivity index (χ0) is 23.3. The van der Waals surface area contributed by atoms with Crippen molar-refractivity contribution >= 4 is 34.6 Å². The van der Waals surface area contributed by atoms with Crippen molar-refractivity contribution in [3.8, 4) is 5.82 Å². The number of nitrogens with one attached hydrogen (secondary N) is 3. The lowest BCUT2D eigenvalue weighted by Crippen LogP contribution is -2.41. The largest absolute Gasteiger partial charge is 0.333 e. The van der Waals surface area contributed by atoms with Gasteiger partial charge in [0.15, 0.2) is 11.0 Å². The first-order valence-corrected chi connectivity index (χ1v) is 11.4. The number of carbonyl (C=O) groups excluding carboxylic acids is 2. The highest BCUT2D eigenvalue weighted by Gasteiger charge is 2.11. The molecule has 34 heavy (non-hydrogen) atoms. The second kappa shape index (κ2) is 9.59. The lowest BCUT2D eigenvalue weighted by atomic mass is 10.1. The van der Waals surface area contributed by atoms with E-state index in [1.165, 1.54) is 6.20 Å². The Morgan fingerprint density at radius 3 is 2.38 bits per heavy atom. The summed E-state index contributed by atoms with van der Waals surface area (Å²) in [5.74, 6) is 0.418. The van der Waals surface area contributed by atoms with E-state index in [0.717, 1.165) is 21.8 Å². The zero-order valence-corrected chi connectivity index (χ0v) is 18.6. The Kier molecular flexibility index (Phi) is 6.04. The average Bonchev–Trinajstić information content (AvgIpc) is 3.56. The third kappa shape index (κ3) is 4.81. The molecule has 0 saturated carbocycles. The minimum Gasteiger partial charge on any atom is -0.333 e. The predicted octanol–water partition coefficient (Wildman–Crippen LogP) is 3.51. The molecule has 0 aliphatic heterocycles. The first-order chi connectivity index (χ1) is 16.7. The van der Waals surface area contributed by atoms with E-state index in [-0.39, 0.29) is 0 Å². The number of hydrogen-bond donors (Lipinski definition) is 3. The van der Waals surface area contributed by atoms with Gasteiger partial charge in [-0.25, -0.2) is 14.6 Å². The van der Waals surface area contributed by atoms with Crippen LogP contribution < -0.4 is 10.9 Å². The summed E-state index contributed by atoms with van der Waals surface area (Å²) in [7, 11) is 0. The van der Waals surface area contributed by atoms with Crippen molar-refractivity contribution in [3.05, 3.63) is 102 Å². The molecule has 2 amide bonds. The second-order valence-electron chi connectivity index (χ2n) is 7.31. The Hall–Kier alpha value is -4.44. The number of rotatable bonds is 6. The van der Waals surface area contributed by atoms with Crippen LogP contribution in [0, 0.1) is 0 Å². The number of para-hydroxylation sites is 2. The number of nitrogens with zero attached hydrogens (tertiary/aromatic N) is 4. The van der Waals surface area contributed by atoms with Gasteiger partial charge in [0, 0.05) is 29.9 Å². The van der Waals surface area contributed by atoms with Crippen LogP contribution in [0.15, 0.2) is 90.5 Å². The van der Waals surface area contributed by atoms with Crippen LogP contribution in [0.25, 0.3) is 16.9 Å². The third-order valence-electron chi connectivity index (χ3n) is 5.00. The van der Waals surface area contributed by atoms with Crippen molar-refractivity contribution in [3.63, 3.8) is 0 Å². The summed E-state index contributed by atoms with van der Waals surface area (Å²) in [6.45, 7) is 0. The number of H-pyrrole nitrogens is 1. The van der Waals surface area contributed by atoms with Crippen LogP contribution in [0.4, 0.5) is 0 Å². The molecule has 0 spiro atoms. The lowest BCUT2D eigenvalue weighted by Gasteiger charge is -2.08. The summed E-state index contributed by atoms with van der Waals surface area (Å²) < 4.78 is 1.59. The van der Waals surface area contributed by atoms with Crippen molar-refractivity contribution in [1.82, 2.24) is 35.6 Å². The monoisotopic (exact) mass is 469 g/mol. The number of imidazole rings is 1. The zero-order valence-electron chi connectivity index (χ0n) is 17.8. The minimum atomic E-state index is -0.466. The smallest absolute Gasteiger partial charge is 0.271 e. The quantitative estimate of drug-likeness (QED) is 0.259. The fourth-order valence-electron chi connectivity index (χ4n) is 3.22. The number of pyridine rings is 1. The molecule has 10 heteroatoms. The number of benzene rings is 2. The van der Waals surface area contributed by atoms with Gasteiger partial charge in [-0.2, -0.15) is 5.10 Å². The lowest BCUT2D eigenvalue weighted by molar-refractivity contribution is 0.0846. The molecule has 3 aromatic heterocycles. The van der Waals surface area contributed by atoms with E-state index in [0.29, 0.717) is 22.7 Å². The fourth-order valence-corrected chi connectivity index (χ4v) is 4.06. The van der Waals surface area contributed by atoms with Crippen molar-refractivity contribution in [2.45, 2.75) is 10.9 Å². The van der Waals surface area contributed by atoms with Crippen LogP contribution in [-0.2, 0) is 5.75 Å². The number of thioether (sulfide) groups is 1. The summed E-state index contributed by atoms with van der Waals surface area (Å²) in [4.78, 5) is 36.8. The summed E-state index contributed by atoms with van der Waals surface area (Å²) in [5.41, 5.74) is 8.57. The van der Waals surface area contributed by atoms with Crippen molar-refractivity contribution in [1.29, 1.82) is 0 Å². The Morgan fingerprint density at radius 1 is 0.912 bits per heavy atom. The molecule has 0 aliphatic rings. The van der Waals surface area contributed by atoms with E-state index in [2.05, 4.69) is 30.9 Å². The first-order valence-electron chi connectivity index (χ1n) is 10.4. The number of carbonyl (C=O) groups is 2. The highest BCUT2D eigenvalue weighted by molar-refractivity contribution is 7.98. The molecule has 0 saturated heterocycles. The van der Waals surface area contributed by atoms with Crippen LogP contribution in [0.5, 0.6) is 0 Å². The molecule has 0 aliphatic carbocycles. The molecule has 0 bridgehead atoms. The molecular weight excluding hydrogens is 450 g/mol. The molecule has 0 fully saturated rings. The molecule has 3 N–H and O–H groups in total. The minimum absolute atomic E-state index is 0.314. The Labute approximate surface area is 198 Å². The third-order valence-corrected chi connectivity index (χ3v) is 5.94. The Morgan fingerprint density at radius 2 is 1.68 bits per heavy atom. The summed E-state index contributed by atoms with van der Waals surface area (Å²) in [6.07, 6.45) is 4.82. The number of hydrogen-bond acceptors (Lipinski definition) is 6. The summed E-state index contributed by atoms with van der Waals surface area (Å²) >= 11 is 1.59. The van der Waals surface area contributed by atoms with Gasteiger partial charge in [0.25, 0.3) is 11.8 Å². The summed E-state index contributed by atoms with van der Waals surface area (Å²) in [6, 6.07) is 20.1. The van der Waals surface area contributed by atoms with Crippen LogP contribution in [0.1, 0.15) is 26.3 Å². The molecule has 0 atom stereocenters. The van der Waals surface area contributed by atoms with Gasteiger partial charge in [-0.1, -0.05) is 36.0 Å². The SMILES string of the molecule is O=C(NNC(=O)c1ccc(-n2cccn2)nc1)c1ccc(CSc2nc3ccccc3[nH]2)cc1. The Balaban J connectivity index is 1.13. The van der Waals surface area contributed by atoms with Gasteiger partial charge < -0.3 is 4.98 Å². The van der Waals surface area contributed by atoms with Gasteiger partial charge in [0.2, 0.25) is 0 Å². The molecular formula is C24H19N7O2S. The average molecular weight is 470 g/mol. The standard InChI is InChI=1S/C24H19N7O2S/c32-22(29-30-23(33)18-10-11-21(25-14-18)31-13-3-12-26-31)17-8-6-16(7-9-17)15-34-24-27-19-4-1-2-5-20(19)28-24/h1-14H,15H2,(H,27,28)(H,29,32)(H,30,33). The van der Waals surface area contributed by atoms with Crippen molar-refractivity contribution in [2.24, 2.45) is 0 Å². The van der Waals surface area contributed by atoms with E-state index < -0.39 is 11.8 Å².